The molecular formula is C12H13ClOS2. The van der Waals surface area contributed by atoms with E-state index >= 15 is 0 Å². The molecule has 1 rings (SSSR count). The van der Waals surface area contributed by atoms with Gasteiger partial charge in [-0.2, -0.15) is 0 Å². The van der Waals surface area contributed by atoms with E-state index in [1.54, 1.807) is 47.8 Å². The smallest absolute Gasteiger partial charge is 0.190 e. The molecule has 0 saturated carbocycles. The Morgan fingerprint density at radius 1 is 1.12 bits per heavy atom. The lowest BCUT2D eigenvalue weighted by molar-refractivity contribution is 0.103. The predicted octanol–water partition coefficient (Wildman–Crippen LogP) is 4.48. The first-order chi connectivity index (χ1) is 7.60. The van der Waals surface area contributed by atoms with E-state index in [2.05, 4.69) is 0 Å². The zero-order chi connectivity index (χ0) is 12.1. The summed E-state index contributed by atoms with van der Waals surface area (Å²) in [5.41, 5.74) is 1.48. The van der Waals surface area contributed by atoms with Gasteiger partial charge in [0.15, 0.2) is 5.78 Å². The van der Waals surface area contributed by atoms with Crippen molar-refractivity contribution in [3.05, 3.63) is 44.7 Å². The lowest BCUT2D eigenvalue weighted by Gasteiger charge is -2.06. The fourth-order valence-corrected chi connectivity index (χ4v) is 2.89. The van der Waals surface area contributed by atoms with E-state index in [0.29, 0.717) is 10.6 Å². The van der Waals surface area contributed by atoms with Gasteiger partial charge in [-0.15, -0.1) is 23.5 Å². The maximum atomic E-state index is 12.1. The van der Waals surface area contributed by atoms with Gasteiger partial charge in [-0.25, -0.2) is 0 Å². The average Bonchev–Trinajstić information content (AvgIpc) is 2.30. The highest BCUT2D eigenvalue weighted by Crippen LogP contribution is 2.29. The lowest BCUT2D eigenvalue weighted by Crippen LogP contribution is -2.01. The monoisotopic (exact) mass is 272 g/mol. The number of hydrogen-bond acceptors (Lipinski definition) is 3. The van der Waals surface area contributed by atoms with Crippen LogP contribution in [0.1, 0.15) is 17.3 Å². The second-order valence-electron chi connectivity index (χ2n) is 3.16. The Bertz CT molecular complexity index is 404. The molecule has 1 aromatic rings. The van der Waals surface area contributed by atoms with Crippen molar-refractivity contribution in [3.63, 3.8) is 0 Å². The van der Waals surface area contributed by atoms with Gasteiger partial charge in [0.2, 0.25) is 0 Å². The van der Waals surface area contributed by atoms with Crippen molar-refractivity contribution in [2.45, 2.75) is 6.92 Å². The van der Waals surface area contributed by atoms with E-state index in [0.717, 1.165) is 9.81 Å². The van der Waals surface area contributed by atoms with Gasteiger partial charge in [-0.1, -0.05) is 11.6 Å². The average molecular weight is 273 g/mol. The number of allylic oxidation sites excluding steroid dienone is 1. The van der Waals surface area contributed by atoms with Gasteiger partial charge >= 0.3 is 0 Å². The minimum Gasteiger partial charge on any atom is -0.289 e. The van der Waals surface area contributed by atoms with Crippen LogP contribution in [0.4, 0.5) is 0 Å². The third kappa shape index (κ3) is 3.30. The Balaban J connectivity index is 3.02. The molecule has 4 heteroatoms. The van der Waals surface area contributed by atoms with Crippen LogP contribution in [-0.4, -0.2) is 18.3 Å². The molecule has 0 radical (unpaired) electrons. The van der Waals surface area contributed by atoms with Crippen LogP contribution in [0.2, 0.25) is 5.02 Å². The van der Waals surface area contributed by atoms with Crippen molar-refractivity contribution in [2.75, 3.05) is 12.5 Å². The van der Waals surface area contributed by atoms with Crippen molar-refractivity contribution in [2.24, 2.45) is 0 Å². The van der Waals surface area contributed by atoms with Gasteiger partial charge in [-0.3, -0.25) is 4.79 Å². The third-order valence-electron chi connectivity index (χ3n) is 2.12. The molecular weight excluding hydrogens is 260 g/mol. The standard InChI is InChI=1S/C12H13ClOS2/c1-8(12(15-2)16-3)11(14)9-4-6-10(13)7-5-9/h4-7H,1-3H3. The molecule has 86 valence electrons. The topological polar surface area (TPSA) is 17.1 Å². The molecule has 1 aromatic carbocycles. The Morgan fingerprint density at radius 3 is 2.06 bits per heavy atom. The summed E-state index contributed by atoms with van der Waals surface area (Å²) in [6, 6.07) is 6.98. The first-order valence-corrected chi connectivity index (χ1v) is 7.52. The van der Waals surface area contributed by atoms with Gasteiger partial charge in [-0.05, 0) is 43.7 Å². The summed E-state index contributed by atoms with van der Waals surface area (Å²) in [4.78, 5) is 12.1. The predicted molar refractivity (Wildman–Crippen MR) is 75.5 cm³/mol. The van der Waals surface area contributed by atoms with Crippen molar-refractivity contribution in [1.82, 2.24) is 0 Å². The van der Waals surface area contributed by atoms with E-state index in [1.165, 1.54) is 0 Å². The molecule has 0 atom stereocenters. The van der Waals surface area contributed by atoms with Crippen molar-refractivity contribution < 1.29 is 4.79 Å². The van der Waals surface area contributed by atoms with Crippen LogP contribution in [0.5, 0.6) is 0 Å². The molecule has 0 aliphatic carbocycles. The summed E-state index contributed by atoms with van der Waals surface area (Å²) < 4.78 is 1.06. The molecule has 0 heterocycles. The van der Waals surface area contributed by atoms with E-state index in [4.69, 9.17) is 11.6 Å². The summed E-state index contributed by atoms with van der Waals surface area (Å²) in [6.45, 7) is 1.86. The number of carbonyl (C=O) groups is 1. The Labute approximate surface area is 110 Å². The molecule has 0 fully saturated rings. The summed E-state index contributed by atoms with van der Waals surface area (Å²) in [6.07, 6.45) is 3.95. The lowest BCUT2D eigenvalue weighted by atomic mass is 10.1. The third-order valence-corrected chi connectivity index (χ3v) is 4.73. The second-order valence-corrected chi connectivity index (χ2v) is 5.48. The molecule has 0 saturated heterocycles. The highest BCUT2D eigenvalue weighted by Gasteiger charge is 2.12. The van der Waals surface area contributed by atoms with Crippen LogP contribution in [0.15, 0.2) is 34.1 Å². The molecule has 0 aromatic heterocycles. The Morgan fingerprint density at radius 2 is 1.62 bits per heavy atom. The number of hydrogen-bond donors (Lipinski definition) is 0. The number of halogens is 1. The molecule has 0 unspecified atom stereocenters. The largest absolute Gasteiger partial charge is 0.289 e. The number of ketones is 1. The summed E-state index contributed by atoms with van der Waals surface area (Å²) in [5.74, 6) is 0.0652. The van der Waals surface area contributed by atoms with Gasteiger partial charge < -0.3 is 0 Å². The molecule has 0 amide bonds. The van der Waals surface area contributed by atoms with Crippen molar-refractivity contribution >= 4 is 40.9 Å². The number of thioether (sulfide) groups is 2. The Kier molecular flexibility index (Phi) is 5.46. The molecule has 16 heavy (non-hydrogen) atoms. The van der Waals surface area contributed by atoms with Crippen LogP contribution in [0.3, 0.4) is 0 Å². The summed E-state index contributed by atoms with van der Waals surface area (Å²) in [5, 5.41) is 0.646. The van der Waals surface area contributed by atoms with E-state index in [1.807, 2.05) is 19.4 Å². The quantitative estimate of drug-likeness (QED) is 0.594. The highest BCUT2D eigenvalue weighted by atomic mass is 35.5. The number of benzene rings is 1. The van der Waals surface area contributed by atoms with E-state index < -0.39 is 0 Å². The zero-order valence-corrected chi connectivity index (χ0v) is 11.8. The summed E-state index contributed by atoms with van der Waals surface area (Å²) in [7, 11) is 0. The van der Waals surface area contributed by atoms with Gasteiger partial charge in [0.25, 0.3) is 0 Å². The van der Waals surface area contributed by atoms with Crippen LogP contribution < -0.4 is 0 Å². The number of rotatable bonds is 4. The highest BCUT2D eigenvalue weighted by molar-refractivity contribution is 8.21. The molecule has 0 spiro atoms. The van der Waals surface area contributed by atoms with Crippen LogP contribution in [0, 0.1) is 0 Å². The second kappa shape index (κ2) is 6.38. The Hall–Kier alpha value is -0.380. The van der Waals surface area contributed by atoms with Crippen molar-refractivity contribution in [3.8, 4) is 0 Å². The zero-order valence-electron chi connectivity index (χ0n) is 9.41. The molecule has 0 N–H and O–H groups in total. The van der Waals surface area contributed by atoms with Gasteiger partial charge in [0.05, 0.1) is 0 Å². The van der Waals surface area contributed by atoms with Gasteiger partial charge in [0.1, 0.15) is 0 Å². The van der Waals surface area contributed by atoms with E-state index in [-0.39, 0.29) is 5.78 Å². The molecule has 0 aliphatic rings. The van der Waals surface area contributed by atoms with Crippen LogP contribution in [-0.2, 0) is 0 Å². The van der Waals surface area contributed by atoms with Crippen molar-refractivity contribution in [1.29, 1.82) is 0 Å². The van der Waals surface area contributed by atoms with Gasteiger partial charge in [0, 0.05) is 20.4 Å². The number of carbonyl (C=O) groups excluding carboxylic acids is 1. The summed E-state index contributed by atoms with van der Waals surface area (Å²) >= 11 is 8.98. The fraction of sp³-hybridized carbons (Fsp3) is 0.250. The van der Waals surface area contributed by atoms with Crippen LogP contribution >= 0.6 is 35.1 Å². The number of Topliss-reactive ketones (excluding diaryl/α,β-unsaturated/α-hetero) is 1. The normalized spacial score (nSPS) is 10.0. The minimum atomic E-state index is 0.0652. The maximum absolute atomic E-state index is 12.1. The maximum Gasteiger partial charge on any atom is 0.190 e. The minimum absolute atomic E-state index is 0.0652. The molecule has 1 nitrogen and oxygen atoms in total. The van der Waals surface area contributed by atoms with E-state index in [9.17, 15) is 4.79 Å². The SMILES string of the molecule is CSC(SC)=C(C)C(=O)c1ccc(Cl)cc1. The molecule has 0 bridgehead atoms. The molecule has 0 aliphatic heterocycles. The fourth-order valence-electron chi connectivity index (χ4n) is 1.30. The van der Waals surface area contributed by atoms with Crippen LogP contribution in [0.25, 0.3) is 0 Å². The first kappa shape index (κ1) is 13.7. The first-order valence-electron chi connectivity index (χ1n) is 4.69.